The van der Waals surface area contributed by atoms with Crippen LogP contribution in [0.1, 0.15) is 20.8 Å². The Hall–Kier alpha value is -3.81. The van der Waals surface area contributed by atoms with Gasteiger partial charge in [-0.25, -0.2) is 9.97 Å². The van der Waals surface area contributed by atoms with Crippen molar-refractivity contribution in [2.45, 2.75) is 0 Å². The van der Waals surface area contributed by atoms with Crippen molar-refractivity contribution in [3.63, 3.8) is 0 Å². The highest BCUT2D eigenvalue weighted by Gasteiger charge is 2.18. The van der Waals surface area contributed by atoms with Crippen LogP contribution in [0.15, 0.2) is 54.9 Å². The number of aldehydes is 2. The van der Waals surface area contributed by atoms with Crippen LogP contribution in [0.5, 0.6) is 11.6 Å². The molecule has 0 radical (unpaired) electrons. The lowest BCUT2D eigenvalue weighted by Crippen LogP contribution is -1.97. The number of carbonyl (C=O) groups is 2. The van der Waals surface area contributed by atoms with Crippen molar-refractivity contribution < 1.29 is 19.1 Å². The van der Waals surface area contributed by atoms with E-state index in [1.807, 2.05) is 18.2 Å². The first-order valence-corrected chi connectivity index (χ1v) is 10.7. The van der Waals surface area contributed by atoms with Gasteiger partial charge >= 0.3 is 0 Å². The molecule has 0 spiro atoms. The zero-order valence-corrected chi connectivity index (χ0v) is 19.6. The molecule has 0 aliphatic heterocycles. The van der Waals surface area contributed by atoms with E-state index in [1.165, 1.54) is 20.4 Å². The van der Waals surface area contributed by atoms with Crippen LogP contribution < -0.4 is 9.47 Å². The van der Waals surface area contributed by atoms with Crippen molar-refractivity contribution in [2.24, 2.45) is 0 Å². The standard InChI is InChI=1S/C25H17Cl2N3O4/c1-33-21-10-15(11-29-20(21)13-32)24-23(27)17(8-9-28-24)16-4-3-5-18(22(16)26)19-7-6-14(12-31)25(30-19)34-2/h3-13H,1-2H3. The summed E-state index contributed by atoms with van der Waals surface area (Å²) in [6, 6.07) is 12.2. The zero-order chi connectivity index (χ0) is 24.2. The molecule has 3 aromatic heterocycles. The summed E-state index contributed by atoms with van der Waals surface area (Å²) in [7, 11) is 2.90. The fourth-order valence-corrected chi connectivity index (χ4v) is 4.13. The molecule has 0 amide bonds. The van der Waals surface area contributed by atoms with Gasteiger partial charge in [0.15, 0.2) is 12.6 Å². The van der Waals surface area contributed by atoms with E-state index in [4.69, 9.17) is 32.7 Å². The molecule has 4 rings (SSSR count). The summed E-state index contributed by atoms with van der Waals surface area (Å²) in [6.07, 6.45) is 4.41. The Morgan fingerprint density at radius 1 is 0.853 bits per heavy atom. The molecule has 0 unspecified atom stereocenters. The van der Waals surface area contributed by atoms with Gasteiger partial charge in [0, 0.05) is 34.6 Å². The molecule has 170 valence electrons. The molecule has 0 aliphatic carbocycles. The molecule has 3 heterocycles. The summed E-state index contributed by atoms with van der Waals surface area (Å²) in [5.41, 5.74) is 4.05. The SMILES string of the molecule is COc1cc(-c2nccc(-c3cccc(-c4ccc(C=O)c(OC)n4)c3Cl)c2Cl)cnc1C=O. The molecule has 0 saturated carbocycles. The van der Waals surface area contributed by atoms with E-state index in [9.17, 15) is 9.59 Å². The van der Waals surface area contributed by atoms with E-state index in [0.29, 0.717) is 67.6 Å². The van der Waals surface area contributed by atoms with Crippen LogP contribution in [0.2, 0.25) is 10.0 Å². The van der Waals surface area contributed by atoms with Gasteiger partial charge in [-0.2, -0.15) is 0 Å². The van der Waals surface area contributed by atoms with E-state index in [1.54, 1.807) is 30.5 Å². The quantitative estimate of drug-likeness (QED) is 0.299. The minimum atomic E-state index is 0.179. The topological polar surface area (TPSA) is 91.3 Å². The van der Waals surface area contributed by atoms with Crippen molar-refractivity contribution in [1.82, 2.24) is 15.0 Å². The Kier molecular flexibility index (Phi) is 6.86. The molecular weight excluding hydrogens is 477 g/mol. The van der Waals surface area contributed by atoms with Crippen LogP contribution in [-0.2, 0) is 0 Å². The summed E-state index contributed by atoms with van der Waals surface area (Å²) in [6.45, 7) is 0. The molecule has 0 atom stereocenters. The molecule has 0 saturated heterocycles. The highest BCUT2D eigenvalue weighted by Crippen LogP contribution is 2.41. The Labute approximate surface area is 205 Å². The normalized spacial score (nSPS) is 10.6. The lowest BCUT2D eigenvalue weighted by molar-refractivity contribution is 0.111. The second-order valence-corrected chi connectivity index (χ2v) is 7.79. The second-order valence-electron chi connectivity index (χ2n) is 7.03. The van der Waals surface area contributed by atoms with Crippen molar-refractivity contribution >= 4 is 35.8 Å². The van der Waals surface area contributed by atoms with Crippen LogP contribution in [0.25, 0.3) is 33.6 Å². The molecule has 0 fully saturated rings. The number of halogens is 2. The third kappa shape index (κ3) is 4.23. The molecule has 0 bridgehead atoms. The minimum absolute atomic E-state index is 0.179. The molecule has 4 aromatic rings. The van der Waals surface area contributed by atoms with E-state index in [2.05, 4.69) is 15.0 Å². The zero-order valence-electron chi connectivity index (χ0n) is 18.1. The number of ether oxygens (including phenoxy) is 2. The van der Waals surface area contributed by atoms with Gasteiger partial charge in [0.2, 0.25) is 5.88 Å². The Balaban J connectivity index is 1.83. The van der Waals surface area contributed by atoms with Crippen molar-refractivity contribution in [3.05, 3.63) is 76.2 Å². The van der Waals surface area contributed by atoms with Crippen LogP contribution in [0, 0.1) is 0 Å². The third-order valence-corrected chi connectivity index (χ3v) is 5.94. The van der Waals surface area contributed by atoms with Crippen molar-refractivity contribution in [2.75, 3.05) is 14.2 Å². The molecular formula is C25H17Cl2N3O4. The van der Waals surface area contributed by atoms with Crippen LogP contribution in [0.4, 0.5) is 0 Å². The molecule has 7 nitrogen and oxygen atoms in total. The number of methoxy groups -OCH3 is 2. The fraction of sp³-hybridized carbons (Fsp3) is 0.0800. The number of aromatic nitrogens is 3. The summed E-state index contributed by atoms with van der Waals surface area (Å²) < 4.78 is 10.5. The lowest BCUT2D eigenvalue weighted by Gasteiger charge is -2.14. The number of nitrogens with zero attached hydrogens (tertiary/aromatic N) is 3. The van der Waals surface area contributed by atoms with Gasteiger partial charge in [-0.05, 0) is 24.3 Å². The van der Waals surface area contributed by atoms with Gasteiger partial charge in [0.1, 0.15) is 11.4 Å². The number of hydrogen-bond acceptors (Lipinski definition) is 7. The van der Waals surface area contributed by atoms with Crippen molar-refractivity contribution in [1.29, 1.82) is 0 Å². The molecule has 1 aromatic carbocycles. The monoisotopic (exact) mass is 493 g/mol. The summed E-state index contributed by atoms with van der Waals surface area (Å²) in [5.74, 6) is 0.521. The summed E-state index contributed by atoms with van der Waals surface area (Å²) >= 11 is 13.6. The second kappa shape index (κ2) is 9.99. The van der Waals surface area contributed by atoms with E-state index < -0.39 is 0 Å². The van der Waals surface area contributed by atoms with Gasteiger partial charge in [-0.3, -0.25) is 14.6 Å². The van der Waals surface area contributed by atoms with Gasteiger partial charge < -0.3 is 9.47 Å². The van der Waals surface area contributed by atoms with E-state index >= 15 is 0 Å². The van der Waals surface area contributed by atoms with Gasteiger partial charge in [0.25, 0.3) is 0 Å². The molecule has 34 heavy (non-hydrogen) atoms. The summed E-state index contributed by atoms with van der Waals surface area (Å²) in [4.78, 5) is 35.3. The smallest absolute Gasteiger partial charge is 0.224 e. The maximum atomic E-state index is 11.2. The largest absolute Gasteiger partial charge is 0.494 e. The maximum Gasteiger partial charge on any atom is 0.224 e. The number of carbonyl (C=O) groups excluding carboxylic acids is 2. The van der Waals surface area contributed by atoms with Crippen LogP contribution >= 0.6 is 23.2 Å². The average Bonchev–Trinajstić information content (AvgIpc) is 2.88. The predicted octanol–water partition coefficient (Wildman–Crippen LogP) is 5.82. The number of hydrogen-bond donors (Lipinski definition) is 0. The lowest BCUT2D eigenvalue weighted by atomic mass is 10.00. The highest BCUT2D eigenvalue weighted by atomic mass is 35.5. The number of pyridine rings is 3. The minimum Gasteiger partial charge on any atom is -0.494 e. The van der Waals surface area contributed by atoms with Gasteiger partial charge in [0.05, 0.1) is 41.2 Å². The third-order valence-electron chi connectivity index (χ3n) is 5.15. The van der Waals surface area contributed by atoms with E-state index in [-0.39, 0.29) is 11.6 Å². The summed E-state index contributed by atoms with van der Waals surface area (Å²) in [5, 5.41) is 0.771. The fourth-order valence-electron chi connectivity index (χ4n) is 3.48. The van der Waals surface area contributed by atoms with Gasteiger partial charge in [-0.1, -0.05) is 41.4 Å². The predicted molar refractivity (Wildman–Crippen MR) is 130 cm³/mol. The van der Waals surface area contributed by atoms with E-state index in [0.717, 1.165) is 0 Å². The number of benzene rings is 1. The van der Waals surface area contributed by atoms with Crippen LogP contribution in [-0.4, -0.2) is 41.7 Å². The Morgan fingerprint density at radius 2 is 1.62 bits per heavy atom. The maximum absolute atomic E-state index is 11.2. The van der Waals surface area contributed by atoms with Gasteiger partial charge in [-0.15, -0.1) is 0 Å². The first-order chi connectivity index (χ1) is 16.5. The first-order valence-electron chi connectivity index (χ1n) is 9.96. The average molecular weight is 494 g/mol. The first kappa shape index (κ1) is 23.4. The molecule has 9 heteroatoms. The Bertz CT molecular complexity index is 1300. The number of rotatable bonds is 7. The molecule has 0 N–H and O–H groups in total. The molecule has 0 aliphatic rings. The Morgan fingerprint density at radius 3 is 2.32 bits per heavy atom. The van der Waals surface area contributed by atoms with Crippen molar-refractivity contribution in [3.8, 4) is 45.3 Å². The van der Waals surface area contributed by atoms with Crippen LogP contribution in [0.3, 0.4) is 0 Å². The highest BCUT2D eigenvalue weighted by molar-refractivity contribution is 6.39.